The molecule has 10 heteroatoms. The van der Waals surface area contributed by atoms with Gasteiger partial charge in [0.1, 0.15) is 5.82 Å². The van der Waals surface area contributed by atoms with E-state index in [1.807, 2.05) is 0 Å². The molecule has 9 nitrogen and oxygen atoms in total. The summed E-state index contributed by atoms with van der Waals surface area (Å²) in [5, 5.41) is 7.77. The second-order valence-electron chi connectivity index (χ2n) is 5.15. The third kappa shape index (κ3) is 5.39. The van der Waals surface area contributed by atoms with E-state index in [1.54, 1.807) is 42.3 Å². The third-order valence-corrected chi connectivity index (χ3v) is 3.73. The van der Waals surface area contributed by atoms with Crippen molar-refractivity contribution in [2.45, 2.75) is 19.4 Å². The lowest BCUT2D eigenvalue weighted by Crippen LogP contribution is -2.27. The van der Waals surface area contributed by atoms with E-state index in [0.717, 1.165) is 6.26 Å². The van der Waals surface area contributed by atoms with Crippen LogP contribution in [0.5, 0.6) is 0 Å². The van der Waals surface area contributed by atoms with Crippen LogP contribution in [0.1, 0.15) is 23.3 Å². The summed E-state index contributed by atoms with van der Waals surface area (Å²) in [5.74, 6) is 0.218. The highest BCUT2D eigenvalue weighted by molar-refractivity contribution is 7.85. The van der Waals surface area contributed by atoms with Gasteiger partial charge in [-0.15, -0.1) is 5.10 Å². The lowest BCUT2D eigenvalue weighted by molar-refractivity contribution is 0.0987. The van der Waals surface area contributed by atoms with Crippen molar-refractivity contribution in [2.75, 3.05) is 24.8 Å². The SMILES string of the molecule is CN(C(=O)c1cn(CCCCOS(C)(=O)=O)nn1)c1ccccn1. The van der Waals surface area contributed by atoms with Crippen LogP contribution in [0.25, 0.3) is 0 Å². The molecule has 0 aliphatic heterocycles. The standard InChI is InChI=1S/C14H19N5O4S/c1-18(13-7-3-4-8-15-13)14(20)12-11-19(17-16-12)9-5-6-10-23-24(2,21)22/h3-4,7-8,11H,5-6,9-10H2,1-2H3. The largest absolute Gasteiger partial charge is 0.294 e. The van der Waals surface area contributed by atoms with Crippen molar-refractivity contribution in [3.05, 3.63) is 36.3 Å². The maximum absolute atomic E-state index is 12.3. The Morgan fingerprint density at radius 3 is 2.79 bits per heavy atom. The number of hydrogen-bond acceptors (Lipinski definition) is 7. The van der Waals surface area contributed by atoms with Crippen LogP contribution in [0, 0.1) is 0 Å². The Bertz CT molecular complexity index is 775. The summed E-state index contributed by atoms with van der Waals surface area (Å²) in [6.07, 6.45) is 5.39. The van der Waals surface area contributed by atoms with Gasteiger partial charge in [0.2, 0.25) is 0 Å². The molecule has 2 aromatic heterocycles. The van der Waals surface area contributed by atoms with Crippen molar-refractivity contribution in [1.82, 2.24) is 20.0 Å². The molecule has 0 unspecified atom stereocenters. The zero-order valence-corrected chi connectivity index (χ0v) is 14.3. The van der Waals surface area contributed by atoms with E-state index in [-0.39, 0.29) is 18.2 Å². The molecular weight excluding hydrogens is 334 g/mol. The van der Waals surface area contributed by atoms with Crippen molar-refractivity contribution >= 4 is 21.8 Å². The van der Waals surface area contributed by atoms with Crippen LogP contribution < -0.4 is 4.90 Å². The number of anilines is 1. The van der Waals surface area contributed by atoms with Crippen LogP contribution in [0.2, 0.25) is 0 Å². The monoisotopic (exact) mass is 353 g/mol. The minimum Gasteiger partial charge on any atom is -0.294 e. The highest BCUT2D eigenvalue weighted by Gasteiger charge is 2.17. The molecule has 0 aliphatic rings. The van der Waals surface area contributed by atoms with E-state index >= 15 is 0 Å². The van der Waals surface area contributed by atoms with Gasteiger partial charge in [0.05, 0.1) is 19.1 Å². The maximum Gasteiger partial charge on any atom is 0.281 e. The first-order valence-corrected chi connectivity index (χ1v) is 9.12. The van der Waals surface area contributed by atoms with Gasteiger partial charge >= 0.3 is 0 Å². The molecule has 2 aromatic rings. The number of nitrogens with zero attached hydrogens (tertiary/aromatic N) is 5. The molecule has 2 heterocycles. The summed E-state index contributed by atoms with van der Waals surface area (Å²) in [4.78, 5) is 17.8. The molecule has 0 bridgehead atoms. The van der Waals surface area contributed by atoms with Crippen LogP contribution in [-0.4, -0.2) is 54.2 Å². The summed E-state index contributed by atoms with van der Waals surface area (Å²) >= 11 is 0. The Morgan fingerprint density at radius 1 is 1.33 bits per heavy atom. The van der Waals surface area contributed by atoms with Crippen LogP contribution in [0.4, 0.5) is 5.82 Å². The predicted molar refractivity (Wildman–Crippen MR) is 87.0 cm³/mol. The molecule has 24 heavy (non-hydrogen) atoms. The lowest BCUT2D eigenvalue weighted by Gasteiger charge is -2.13. The van der Waals surface area contributed by atoms with Crippen molar-refractivity contribution < 1.29 is 17.4 Å². The second-order valence-corrected chi connectivity index (χ2v) is 6.80. The molecule has 0 fully saturated rings. The average molecular weight is 353 g/mol. The van der Waals surface area contributed by atoms with Crippen molar-refractivity contribution in [2.24, 2.45) is 0 Å². The number of rotatable bonds is 8. The Labute approximate surface area is 140 Å². The number of unbranched alkanes of at least 4 members (excludes halogenated alkanes) is 1. The number of carbonyl (C=O) groups is 1. The fraction of sp³-hybridized carbons (Fsp3) is 0.429. The predicted octanol–water partition coefficient (Wildman–Crippen LogP) is 0.706. The maximum atomic E-state index is 12.3. The van der Waals surface area contributed by atoms with Crippen LogP contribution in [0.15, 0.2) is 30.6 Å². The average Bonchev–Trinajstić information content (AvgIpc) is 3.02. The highest BCUT2D eigenvalue weighted by Crippen LogP contribution is 2.10. The molecule has 130 valence electrons. The number of amides is 1. The summed E-state index contributed by atoms with van der Waals surface area (Å²) < 4.78 is 27.8. The van der Waals surface area contributed by atoms with E-state index in [2.05, 4.69) is 19.5 Å². The highest BCUT2D eigenvalue weighted by atomic mass is 32.2. The van der Waals surface area contributed by atoms with E-state index in [1.165, 1.54) is 4.90 Å². The zero-order valence-electron chi connectivity index (χ0n) is 13.5. The van der Waals surface area contributed by atoms with Crippen LogP contribution >= 0.6 is 0 Å². The minimum absolute atomic E-state index is 0.127. The third-order valence-electron chi connectivity index (χ3n) is 3.13. The van der Waals surface area contributed by atoms with Gasteiger partial charge in [-0.3, -0.25) is 18.6 Å². The summed E-state index contributed by atoms with van der Waals surface area (Å²) in [6, 6.07) is 5.29. The Balaban J connectivity index is 1.85. The van der Waals surface area contributed by atoms with Gasteiger partial charge in [-0.2, -0.15) is 8.42 Å². The Kier molecular flexibility index (Phi) is 5.99. The fourth-order valence-corrected chi connectivity index (χ4v) is 2.34. The molecule has 0 aliphatic carbocycles. The molecule has 2 rings (SSSR count). The summed E-state index contributed by atoms with van der Waals surface area (Å²) in [6.45, 7) is 0.641. The van der Waals surface area contributed by atoms with Gasteiger partial charge in [0.15, 0.2) is 5.69 Å². The first kappa shape index (κ1) is 18.0. The molecule has 0 saturated carbocycles. The minimum atomic E-state index is -3.40. The number of hydrogen-bond donors (Lipinski definition) is 0. The number of carbonyl (C=O) groups excluding carboxylic acids is 1. The lowest BCUT2D eigenvalue weighted by atomic mass is 10.3. The Hall–Kier alpha value is -2.33. The molecule has 0 atom stereocenters. The van der Waals surface area contributed by atoms with E-state index < -0.39 is 10.1 Å². The molecule has 0 saturated heterocycles. The Morgan fingerprint density at radius 2 is 2.12 bits per heavy atom. The summed E-state index contributed by atoms with van der Waals surface area (Å²) in [7, 11) is -1.79. The van der Waals surface area contributed by atoms with E-state index in [4.69, 9.17) is 0 Å². The summed E-state index contributed by atoms with van der Waals surface area (Å²) in [5.41, 5.74) is 0.218. The van der Waals surface area contributed by atoms with Gasteiger partial charge in [0.25, 0.3) is 16.0 Å². The molecule has 1 amide bonds. The molecule has 0 radical (unpaired) electrons. The van der Waals surface area contributed by atoms with Gasteiger partial charge < -0.3 is 0 Å². The number of aryl methyl sites for hydroxylation is 1. The molecule has 0 N–H and O–H groups in total. The van der Waals surface area contributed by atoms with Gasteiger partial charge in [-0.05, 0) is 25.0 Å². The van der Waals surface area contributed by atoms with Gasteiger partial charge in [-0.25, -0.2) is 4.98 Å². The normalized spacial score (nSPS) is 11.4. The smallest absolute Gasteiger partial charge is 0.281 e. The van der Waals surface area contributed by atoms with Crippen molar-refractivity contribution in [1.29, 1.82) is 0 Å². The first-order chi connectivity index (χ1) is 11.4. The fourth-order valence-electron chi connectivity index (χ4n) is 1.92. The molecular formula is C14H19N5O4S. The van der Waals surface area contributed by atoms with Crippen molar-refractivity contribution in [3.63, 3.8) is 0 Å². The van der Waals surface area contributed by atoms with Gasteiger partial charge in [0, 0.05) is 19.8 Å². The molecule has 0 spiro atoms. The zero-order chi connectivity index (χ0) is 17.6. The number of pyridine rings is 1. The first-order valence-electron chi connectivity index (χ1n) is 7.30. The van der Waals surface area contributed by atoms with Crippen LogP contribution in [0.3, 0.4) is 0 Å². The van der Waals surface area contributed by atoms with E-state index in [0.29, 0.717) is 25.2 Å². The van der Waals surface area contributed by atoms with Gasteiger partial charge in [-0.1, -0.05) is 11.3 Å². The van der Waals surface area contributed by atoms with Crippen LogP contribution in [-0.2, 0) is 20.8 Å². The molecule has 0 aromatic carbocycles. The quantitative estimate of drug-likeness (QED) is 0.508. The number of aromatic nitrogens is 4. The van der Waals surface area contributed by atoms with Crippen molar-refractivity contribution in [3.8, 4) is 0 Å². The topological polar surface area (TPSA) is 107 Å². The van der Waals surface area contributed by atoms with E-state index in [9.17, 15) is 13.2 Å². The second kappa shape index (κ2) is 7.97.